The summed E-state index contributed by atoms with van der Waals surface area (Å²) in [6.07, 6.45) is 9.53. The molecular formula is C22H16N2O2S. The molecule has 132 valence electrons. The summed E-state index contributed by atoms with van der Waals surface area (Å²) in [5.41, 5.74) is 3.34. The third kappa shape index (κ3) is 2.30. The van der Waals surface area contributed by atoms with Gasteiger partial charge in [0.05, 0.1) is 18.2 Å². The highest BCUT2D eigenvalue weighted by atomic mass is 32.1. The van der Waals surface area contributed by atoms with Gasteiger partial charge in [-0.05, 0) is 42.5 Å². The number of terminal acetylenes is 1. The second kappa shape index (κ2) is 5.70. The van der Waals surface area contributed by atoms with Gasteiger partial charge in [-0.3, -0.25) is 9.78 Å². The number of rotatable bonds is 3. The quantitative estimate of drug-likeness (QED) is 0.540. The molecular weight excluding hydrogens is 356 g/mol. The zero-order chi connectivity index (χ0) is 18.6. The molecule has 1 N–H and O–H groups in total. The molecule has 1 fully saturated rings. The Balaban J connectivity index is 1.80. The number of fused-ring (bicyclic) bond motifs is 3. The van der Waals surface area contributed by atoms with Crippen molar-refractivity contribution in [1.82, 2.24) is 9.97 Å². The smallest absolute Gasteiger partial charge is 0.266 e. The standard InChI is InChI=1S/C22H16N2O2S/c1-3-22(9-10-22)17-7-4-13(12-23-17)18-16(26-2)6-5-15-19(18)14-8-11-27-20(14)21(25)24-15/h1,4-8,11-12H,9-10H2,2H3,(H,24,25). The van der Waals surface area contributed by atoms with Crippen molar-refractivity contribution in [2.45, 2.75) is 18.3 Å². The Hall–Kier alpha value is -3.10. The van der Waals surface area contributed by atoms with E-state index in [-0.39, 0.29) is 11.0 Å². The zero-order valence-electron chi connectivity index (χ0n) is 14.7. The highest BCUT2D eigenvalue weighted by Crippen LogP contribution is 2.47. The molecule has 1 aliphatic rings. The molecule has 4 aromatic rings. The summed E-state index contributed by atoms with van der Waals surface area (Å²) >= 11 is 1.44. The fourth-order valence-corrected chi connectivity index (χ4v) is 4.50. The van der Waals surface area contributed by atoms with Gasteiger partial charge in [0, 0.05) is 33.6 Å². The second-order valence-corrected chi connectivity index (χ2v) is 7.76. The fourth-order valence-electron chi connectivity index (χ4n) is 3.71. The van der Waals surface area contributed by atoms with Gasteiger partial charge in [0.15, 0.2) is 0 Å². The molecule has 0 aliphatic heterocycles. The van der Waals surface area contributed by atoms with E-state index >= 15 is 0 Å². The molecule has 1 aromatic carbocycles. The predicted molar refractivity (Wildman–Crippen MR) is 109 cm³/mol. The van der Waals surface area contributed by atoms with Crippen LogP contribution in [-0.2, 0) is 5.41 Å². The predicted octanol–water partition coefficient (Wildman–Crippen LogP) is 4.48. The van der Waals surface area contributed by atoms with E-state index in [4.69, 9.17) is 11.2 Å². The normalized spacial score (nSPS) is 15.0. The maximum absolute atomic E-state index is 12.3. The second-order valence-electron chi connectivity index (χ2n) is 6.84. The minimum atomic E-state index is -0.187. The van der Waals surface area contributed by atoms with E-state index in [1.165, 1.54) is 11.3 Å². The molecule has 5 rings (SSSR count). The van der Waals surface area contributed by atoms with Crippen molar-refractivity contribution < 1.29 is 4.74 Å². The Morgan fingerprint density at radius 3 is 2.78 bits per heavy atom. The van der Waals surface area contributed by atoms with E-state index in [9.17, 15) is 4.79 Å². The number of methoxy groups -OCH3 is 1. The minimum Gasteiger partial charge on any atom is -0.496 e. The van der Waals surface area contributed by atoms with Crippen LogP contribution in [0.15, 0.2) is 46.7 Å². The van der Waals surface area contributed by atoms with Crippen LogP contribution in [0.25, 0.3) is 32.1 Å². The van der Waals surface area contributed by atoms with Gasteiger partial charge < -0.3 is 9.72 Å². The van der Waals surface area contributed by atoms with Gasteiger partial charge in [0.25, 0.3) is 5.56 Å². The van der Waals surface area contributed by atoms with E-state index in [1.807, 2.05) is 41.9 Å². The van der Waals surface area contributed by atoms with E-state index in [1.54, 1.807) is 7.11 Å². The van der Waals surface area contributed by atoms with Gasteiger partial charge >= 0.3 is 0 Å². The van der Waals surface area contributed by atoms with Crippen LogP contribution < -0.4 is 10.3 Å². The first kappa shape index (κ1) is 16.1. The van der Waals surface area contributed by atoms with Crippen molar-refractivity contribution in [3.05, 3.63) is 58.0 Å². The Bertz CT molecular complexity index is 1290. The number of hydrogen-bond acceptors (Lipinski definition) is 4. The molecule has 3 heterocycles. The molecule has 0 amide bonds. The molecule has 0 radical (unpaired) electrons. The number of aromatic nitrogens is 2. The molecule has 4 nitrogen and oxygen atoms in total. The lowest BCUT2D eigenvalue weighted by molar-refractivity contribution is 0.417. The van der Waals surface area contributed by atoms with Crippen LogP contribution >= 0.6 is 11.3 Å². The summed E-state index contributed by atoms with van der Waals surface area (Å²) in [6, 6.07) is 9.80. The summed E-state index contributed by atoms with van der Waals surface area (Å²) < 4.78 is 6.36. The number of nitrogens with zero attached hydrogens (tertiary/aromatic N) is 1. The third-order valence-electron chi connectivity index (χ3n) is 5.34. The minimum absolute atomic E-state index is 0.0678. The maximum Gasteiger partial charge on any atom is 0.266 e. The lowest BCUT2D eigenvalue weighted by Crippen LogP contribution is -2.06. The molecule has 0 saturated heterocycles. The summed E-state index contributed by atoms with van der Waals surface area (Å²) in [4.78, 5) is 20.0. The van der Waals surface area contributed by atoms with Gasteiger partial charge in [-0.1, -0.05) is 12.0 Å². The molecule has 0 bridgehead atoms. The van der Waals surface area contributed by atoms with Crippen molar-refractivity contribution in [3.63, 3.8) is 0 Å². The van der Waals surface area contributed by atoms with Crippen LogP contribution in [0.2, 0.25) is 0 Å². The molecule has 3 aromatic heterocycles. The van der Waals surface area contributed by atoms with Crippen LogP contribution in [0.3, 0.4) is 0 Å². The van der Waals surface area contributed by atoms with Crippen LogP contribution in [0, 0.1) is 12.3 Å². The SMILES string of the molecule is C#CC1(c2ccc(-c3c(OC)ccc4[nH]c(=O)c5sccc5c34)cn2)CC1. The first-order valence-electron chi connectivity index (χ1n) is 8.72. The molecule has 1 aliphatic carbocycles. The van der Waals surface area contributed by atoms with Gasteiger partial charge in [-0.15, -0.1) is 17.8 Å². The highest BCUT2D eigenvalue weighted by Gasteiger charge is 2.43. The van der Waals surface area contributed by atoms with Gasteiger partial charge in [0.1, 0.15) is 10.4 Å². The van der Waals surface area contributed by atoms with Crippen LogP contribution in [0.4, 0.5) is 0 Å². The van der Waals surface area contributed by atoms with Crippen molar-refractivity contribution in [2.24, 2.45) is 0 Å². The van der Waals surface area contributed by atoms with E-state index < -0.39 is 0 Å². The monoisotopic (exact) mass is 372 g/mol. The summed E-state index contributed by atoms with van der Waals surface area (Å²) in [7, 11) is 1.65. The van der Waals surface area contributed by atoms with Gasteiger partial charge in [-0.2, -0.15) is 0 Å². The first-order valence-corrected chi connectivity index (χ1v) is 9.60. The number of thiophene rings is 1. The molecule has 27 heavy (non-hydrogen) atoms. The van der Waals surface area contributed by atoms with Crippen molar-refractivity contribution in [2.75, 3.05) is 7.11 Å². The number of pyridine rings is 2. The first-order chi connectivity index (χ1) is 13.2. The largest absolute Gasteiger partial charge is 0.496 e. The summed E-state index contributed by atoms with van der Waals surface area (Å²) in [5.74, 6) is 3.63. The Morgan fingerprint density at radius 2 is 2.11 bits per heavy atom. The molecule has 5 heteroatoms. The van der Waals surface area contributed by atoms with Crippen molar-refractivity contribution in [1.29, 1.82) is 0 Å². The van der Waals surface area contributed by atoms with E-state index in [0.717, 1.165) is 51.7 Å². The molecule has 0 spiro atoms. The van der Waals surface area contributed by atoms with Crippen LogP contribution in [0.5, 0.6) is 5.75 Å². The topological polar surface area (TPSA) is 55.0 Å². The van der Waals surface area contributed by atoms with E-state index in [2.05, 4.69) is 15.9 Å². The zero-order valence-corrected chi connectivity index (χ0v) is 15.5. The average molecular weight is 372 g/mol. The average Bonchev–Trinajstić information content (AvgIpc) is 3.35. The molecule has 0 atom stereocenters. The lowest BCUT2D eigenvalue weighted by atomic mass is 9.96. The van der Waals surface area contributed by atoms with Crippen LogP contribution in [-0.4, -0.2) is 17.1 Å². The van der Waals surface area contributed by atoms with Gasteiger partial charge in [0.2, 0.25) is 0 Å². The van der Waals surface area contributed by atoms with Crippen molar-refractivity contribution >= 4 is 32.3 Å². The third-order valence-corrected chi connectivity index (χ3v) is 6.26. The molecule has 1 saturated carbocycles. The summed E-state index contributed by atoms with van der Waals surface area (Å²) in [5, 5.41) is 3.84. The number of benzene rings is 1. The maximum atomic E-state index is 12.3. The number of H-pyrrole nitrogens is 1. The lowest BCUT2D eigenvalue weighted by Gasteiger charge is -2.14. The highest BCUT2D eigenvalue weighted by molar-refractivity contribution is 7.17. The Morgan fingerprint density at radius 1 is 1.26 bits per heavy atom. The number of aromatic amines is 1. The van der Waals surface area contributed by atoms with Gasteiger partial charge in [-0.25, -0.2) is 0 Å². The van der Waals surface area contributed by atoms with E-state index in [0.29, 0.717) is 4.70 Å². The Labute approximate surface area is 159 Å². The van der Waals surface area contributed by atoms with Crippen molar-refractivity contribution in [3.8, 4) is 29.2 Å². The number of ether oxygens (including phenoxy) is 1. The Kier molecular flexibility index (Phi) is 3.40. The van der Waals surface area contributed by atoms with Crippen LogP contribution in [0.1, 0.15) is 18.5 Å². The summed E-state index contributed by atoms with van der Waals surface area (Å²) in [6.45, 7) is 0. The number of nitrogens with one attached hydrogen (secondary N) is 1. The fraction of sp³-hybridized carbons (Fsp3) is 0.182. The number of hydrogen-bond donors (Lipinski definition) is 1. The molecule has 0 unspecified atom stereocenters.